The maximum absolute atomic E-state index is 14.1. The number of hydrogen-bond acceptors (Lipinski definition) is 5. The van der Waals surface area contributed by atoms with E-state index in [1.807, 2.05) is 6.07 Å². The second-order valence-electron chi connectivity index (χ2n) is 5.55. The molecule has 0 N–H and O–H groups in total. The molecule has 0 atom stereocenters. The number of non-ortho nitro benzene ring substituents is 1. The van der Waals surface area contributed by atoms with Crippen LogP contribution in [0.3, 0.4) is 0 Å². The zero-order valence-electron chi connectivity index (χ0n) is 13.3. The van der Waals surface area contributed by atoms with Gasteiger partial charge in [-0.2, -0.15) is 0 Å². The van der Waals surface area contributed by atoms with Crippen LogP contribution < -0.4 is 9.64 Å². The number of amides is 1. The van der Waals surface area contributed by atoms with E-state index in [2.05, 4.69) is 0 Å². The third-order valence-corrected chi connectivity index (χ3v) is 3.97. The van der Waals surface area contributed by atoms with Gasteiger partial charge in [-0.1, -0.05) is 18.2 Å². The van der Waals surface area contributed by atoms with Crippen molar-refractivity contribution < 1.29 is 18.8 Å². The molecule has 0 aliphatic carbocycles. The summed E-state index contributed by atoms with van der Waals surface area (Å²) >= 11 is 0. The second kappa shape index (κ2) is 7.16. The summed E-state index contributed by atoms with van der Waals surface area (Å²) in [5.74, 6) is -0.175. The highest BCUT2D eigenvalue weighted by molar-refractivity contribution is 5.71. The molecule has 7 nitrogen and oxygen atoms in total. The summed E-state index contributed by atoms with van der Waals surface area (Å²) in [6.45, 7) is 1.58. The Morgan fingerprint density at radius 1 is 1.08 bits per heavy atom. The molecular formula is C17H16FN3O4. The van der Waals surface area contributed by atoms with Gasteiger partial charge in [0.2, 0.25) is 0 Å². The number of nitro benzene ring substituents is 1. The summed E-state index contributed by atoms with van der Waals surface area (Å²) in [6.07, 6.45) is -0.449. The van der Waals surface area contributed by atoms with Crippen molar-refractivity contribution in [2.24, 2.45) is 0 Å². The van der Waals surface area contributed by atoms with E-state index in [0.717, 1.165) is 6.07 Å². The topological polar surface area (TPSA) is 75.9 Å². The molecule has 1 aliphatic heterocycles. The first kappa shape index (κ1) is 16.7. The minimum atomic E-state index is -0.644. The number of hydrogen-bond donors (Lipinski definition) is 0. The maximum atomic E-state index is 14.1. The van der Waals surface area contributed by atoms with Crippen LogP contribution in [0.2, 0.25) is 0 Å². The lowest BCUT2D eigenvalue weighted by molar-refractivity contribution is -0.385. The highest BCUT2D eigenvalue weighted by atomic mass is 19.1. The summed E-state index contributed by atoms with van der Waals surface area (Å²) in [6, 6.07) is 12.3. The van der Waals surface area contributed by atoms with Crippen molar-refractivity contribution >= 4 is 17.5 Å². The minimum absolute atomic E-state index is 0.286. The first-order chi connectivity index (χ1) is 12.0. The summed E-state index contributed by atoms with van der Waals surface area (Å²) in [7, 11) is 0. The van der Waals surface area contributed by atoms with Crippen LogP contribution >= 0.6 is 0 Å². The van der Waals surface area contributed by atoms with E-state index in [1.165, 1.54) is 12.1 Å². The smallest absolute Gasteiger partial charge is 0.410 e. The van der Waals surface area contributed by atoms with Crippen LogP contribution in [0.15, 0.2) is 48.5 Å². The first-order valence-corrected chi connectivity index (χ1v) is 7.75. The van der Waals surface area contributed by atoms with Crippen LogP contribution in [-0.4, -0.2) is 42.1 Å². The maximum Gasteiger partial charge on any atom is 0.415 e. The van der Waals surface area contributed by atoms with Crippen LogP contribution in [0.4, 0.5) is 20.6 Å². The third kappa shape index (κ3) is 3.85. The minimum Gasteiger partial charge on any atom is -0.410 e. The third-order valence-electron chi connectivity index (χ3n) is 3.97. The van der Waals surface area contributed by atoms with Gasteiger partial charge in [-0.05, 0) is 18.2 Å². The Labute approximate surface area is 143 Å². The lowest BCUT2D eigenvalue weighted by Crippen LogP contribution is -2.49. The summed E-state index contributed by atoms with van der Waals surface area (Å²) < 4.78 is 19.4. The largest absolute Gasteiger partial charge is 0.415 e. The number of nitro groups is 1. The number of para-hydroxylation sites is 1. The molecule has 1 saturated heterocycles. The quantitative estimate of drug-likeness (QED) is 0.631. The van der Waals surface area contributed by atoms with Crippen molar-refractivity contribution in [1.82, 2.24) is 4.90 Å². The molecular weight excluding hydrogens is 329 g/mol. The Bertz CT molecular complexity index is 777. The van der Waals surface area contributed by atoms with E-state index in [0.29, 0.717) is 37.6 Å². The molecule has 0 bridgehead atoms. The SMILES string of the molecule is O=C(Oc1ccccc1)N1CCN(c2ccc([N+](=O)[O-])cc2F)CC1. The van der Waals surface area contributed by atoms with E-state index in [1.54, 1.807) is 34.1 Å². The predicted octanol–water partition coefficient (Wildman–Crippen LogP) is 3.05. The second-order valence-corrected chi connectivity index (χ2v) is 5.55. The van der Waals surface area contributed by atoms with E-state index in [9.17, 15) is 19.3 Å². The number of nitrogens with zero attached hydrogens (tertiary/aromatic N) is 3. The molecule has 0 spiro atoms. The molecule has 0 unspecified atom stereocenters. The van der Waals surface area contributed by atoms with Crippen molar-refractivity contribution in [1.29, 1.82) is 0 Å². The molecule has 0 aromatic heterocycles. The monoisotopic (exact) mass is 345 g/mol. The van der Waals surface area contributed by atoms with Crippen molar-refractivity contribution in [3.63, 3.8) is 0 Å². The van der Waals surface area contributed by atoms with Crippen molar-refractivity contribution in [3.05, 3.63) is 64.5 Å². The Balaban J connectivity index is 1.60. The molecule has 8 heteroatoms. The van der Waals surface area contributed by atoms with Crippen LogP contribution in [0, 0.1) is 15.9 Å². The first-order valence-electron chi connectivity index (χ1n) is 7.75. The molecule has 130 valence electrons. The van der Waals surface area contributed by atoms with Crippen LogP contribution in [0.5, 0.6) is 5.75 Å². The fraction of sp³-hybridized carbons (Fsp3) is 0.235. The molecule has 0 radical (unpaired) electrons. The molecule has 1 aliphatic rings. The van der Waals surface area contributed by atoms with Gasteiger partial charge in [-0.3, -0.25) is 10.1 Å². The number of rotatable bonds is 3. The fourth-order valence-electron chi connectivity index (χ4n) is 2.65. The molecule has 0 saturated carbocycles. The Morgan fingerprint density at radius 3 is 2.36 bits per heavy atom. The fourth-order valence-corrected chi connectivity index (χ4v) is 2.65. The summed E-state index contributed by atoms with van der Waals surface area (Å²) in [5, 5.41) is 10.7. The van der Waals surface area contributed by atoms with Crippen molar-refractivity contribution in [2.75, 3.05) is 31.1 Å². The van der Waals surface area contributed by atoms with Gasteiger partial charge in [0, 0.05) is 32.2 Å². The van der Waals surface area contributed by atoms with Gasteiger partial charge in [0.1, 0.15) is 5.75 Å². The van der Waals surface area contributed by atoms with Gasteiger partial charge in [0.15, 0.2) is 5.82 Å². The highest BCUT2D eigenvalue weighted by Gasteiger charge is 2.25. The zero-order valence-corrected chi connectivity index (χ0v) is 13.3. The molecule has 1 amide bonds. The van der Waals surface area contributed by atoms with Crippen molar-refractivity contribution in [2.45, 2.75) is 0 Å². The lowest BCUT2D eigenvalue weighted by atomic mass is 10.2. The lowest BCUT2D eigenvalue weighted by Gasteiger charge is -2.35. The number of halogens is 1. The Morgan fingerprint density at radius 2 is 1.76 bits per heavy atom. The summed E-state index contributed by atoms with van der Waals surface area (Å²) in [5.41, 5.74) is 0.00741. The van der Waals surface area contributed by atoms with Gasteiger partial charge in [0.25, 0.3) is 5.69 Å². The van der Waals surface area contributed by atoms with E-state index in [4.69, 9.17) is 4.74 Å². The number of carbonyl (C=O) groups excluding carboxylic acids is 1. The van der Waals surface area contributed by atoms with Crippen LogP contribution in [0.1, 0.15) is 0 Å². The molecule has 25 heavy (non-hydrogen) atoms. The molecule has 2 aromatic carbocycles. The van der Waals surface area contributed by atoms with Crippen LogP contribution in [0.25, 0.3) is 0 Å². The van der Waals surface area contributed by atoms with E-state index in [-0.39, 0.29) is 5.69 Å². The number of piperazine rings is 1. The van der Waals surface area contributed by atoms with Gasteiger partial charge in [-0.15, -0.1) is 0 Å². The highest BCUT2D eigenvalue weighted by Crippen LogP contribution is 2.25. The number of carbonyl (C=O) groups is 1. The van der Waals surface area contributed by atoms with Gasteiger partial charge in [-0.25, -0.2) is 9.18 Å². The average Bonchev–Trinajstić information content (AvgIpc) is 2.62. The van der Waals surface area contributed by atoms with E-state index >= 15 is 0 Å². The van der Waals surface area contributed by atoms with Gasteiger partial charge in [0.05, 0.1) is 16.7 Å². The normalized spacial score (nSPS) is 14.3. The standard InChI is InChI=1S/C17H16FN3O4/c18-15-12-13(21(23)24)6-7-16(15)19-8-10-20(11-9-19)17(22)25-14-4-2-1-3-5-14/h1-7,12H,8-11H2. The number of benzene rings is 2. The molecule has 1 fully saturated rings. The zero-order chi connectivity index (χ0) is 17.8. The average molecular weight is 345 g/mol. The molecule has 2 aromatic rings. The Kier molecular flexibility index (Phi) is 4.78. The number of anilines is 1. The Hall–Kier alpha value is -3.16. The summed E-state index contributed by atoms with van der Waals surface area (Å²) in [4.78, 5) is 25.5. The van der Waals surface area contributed by atoms with Crippen LogP contribution in [-0.2, 0) is 0 Å². The predicted molar refractivity (Wildman–Crippen MR) is 89.3 cm³/mol. The molecule has 1 heterocycles. The van der Waals surface area contributed by atoms with Crippen molar-refractivity contribution in [3.8, 4) is 5.75 Å². The molecule has 3 rings (SSSR count). The van der Waals surface area contributed by atoms with Gasteiger partial charge < -0.3 is 14.5 Å². The number of ether oxygens (including phenoxy) is 1. The van der Waals surface area contributed by atoms with E-state index < -0.39 is 16.8 Å². The van der Waals surface area contributed by atoms with Gasteiger partial charge >= 0.3 is 6.09 Å².